The Balaban J connectivity index is 1.51. The Morgan fingerprint density at radius 1 is 0.600 bits per heavy atom. The second kappa shape index (κ2) is 6.71. The van der Waals surface area contributed by atoms with Crippen LogP contribution in [0.4, 0.5) is 0 Å². The lowest BCUT2D eigenvalue weighted by Gasteiger charge is -2.09. The number of H-pyrrole nitrogens is 1. The molecule has 0 aliphatic heterocycles. The summed E-state index contributed by atoms with van der Waals surface area (Å²) in [5.41, 5.74) is 5.48. The van der Waals surface area contributed by atoms with Crippen LogP contribution in [0.1, 0.15) is 0 Å². The standard InChI is InChI=1S/C26H18N4/c1-2-9-18(10-3-1)25-27-26(29-28-25)19-11-8-12-20(17-19)30-23-15-6-4-13-21(23)22-14-5-7-16-24(22)30/h1-17H,(H,27,28,29). The molecule has 0 saturated heterocycles. The summed E-state index contributed by atoms with van der Waals surface area (Å²) in [6.45, 7) is 0. The first-order valence-corrected chi connectivity index (χ1v) is 9.95. The molecule has 0 aliphatic rings. The molecule has 6 aromatic rings. The molecule has 0 amide bonds. The van der Waals surface area contributed by atoms with Gasteiger partial charge in [0.25, 0.3) is 0 Å². The molecule has 142 valence electrons. The van der Waals surface area contributed by atoms with Crippen molar-refractivity contribution in [1.29, 1.82) is 0 Å². The van der Waals surface area contributed by atoms with Gasteiger partial charge in [-0.2, -0.15) is 5.10 Å². The van der Waals surface area contributed by atoms with Crippen molar-refractivity contribution in [2.24, 2.45) is 0 Å². The summed E-state index contributed by atoms with van der Waals surface area (Å²) in [5, 5.41) is 10.0. The van der Waals surface area contributed by atoms with Crippen molar-refractivity contribution in [3.05, 3.63) is 103 Å². The predicted octanol–water partition coefficient (Wildman–Crippen LogP) is 6.24. The number of nitrogens with one attached hydrogen (secondary N) is 1. The number of nitrogens with zero attached hydrogens (tertiary/aromatic N) is 3. The molecule has 1 N–H and O–H groups in total. The maximum Gasteiger partial charge on any atom is 0.181 e. The second-order valence-corrected chi connectivity index (χ2v) is 7.29. The lowest BCUT2D eigenvalue weighted by molar-refractivity contribution is 1.10. The largest absolute Gasteiger partial charge is 0.309 e. The number of hydrogen-bond acceptors (Lipinski definition) is 2. The number of aromatic amines is 1. The molecule has 0 radical (unpaired) electrons. The molecule has 0 spiro atoms. The number of para-hydroxylation sites is 2. The van der Waals surface area contributed by atoms with E-state index in [0.717, 1.165) is 22.6 Å². The first-order chi connectivity index (χ1) is 14.9. The van der Waals surface area contributed by atoms with Crippen LogP contribution in [0, 0.1) is 0 Å². The van der Waals surface area contributed by atoms with Crippen molar-refractivity contribution in [3.63, 3.8) is 0 Å². The summed E-state index contributed by atoms with van der Waals surface area (Å²) in [7, 11) is 0. The second-order valence-electron chi connectivity index (χ2n) is 7.29. The molecular weight excluding hydrogens is 368 g/mol. The van der Waals surface area contributed by atoms with Gasteiger partial charge in [-0.1, -0.05) is 78.9 Å². The van der Waals surface area contributed by atoms with Crippen molar-refractivity contribution in [2.45, 2.75) is 0 Å². The van der Waals surface area contributed by atoms with Crippen LogP contribution >= 0.6 is 0 Å². The van der Waals surface area contributed by atoms with Crippen LogP contribution < -0.4 is 0 Å². The van der Waals surface area contributed by atoms with Crippen LogP contribution in [0.3, 0.4) is 0 Å². The monoisotopic (exact) mass is 386 g/mol. The third kappa shape index (κ3) is 2.62. The average molecular weight is 386 g/mol. The van der Waals surface area contributed by atoms with Crippen LogP contribution in [0.5, 0.6) is 0 Å². The fourth-order valence-electron chi connectivity index (χ4n) is 4.10. The summed E-state index contributed by atoms with van der Waals surface area (Å²) in [6.07, 6.45) is 0. The van der Waals surface area contributed by atoms with Gasteiger partial charge in [0, 0.05) is 27.6 Å². The van der Waals surface area contributed by atoms with Gasteiger partial charge in [-0.25, -0.2) is 4.98 Å². The Labute approximate surface area is 173 Å². The third-order valence-corrected chi connectivity index (χ3v) is 5.48. The smallest absolute Gasteiger partial charge is 0.181 e. The van der Waals surface area contributed by atoms with Gasteiger partial charge in [0.05, 0.1) is 11.0 Å². The van der Waals surface area contributed by atoms with Crippen LogP contribution in [0.25, 0.3) is 50.3 Å². The van der Waals surface area contributed by atoms with Crippen molar-refractivity contribution in [2.75, 3.05) is 0 Å². The van der Waals surface area contributed by atoms with E-state index in [0.29, 0.717) is 5.82 Å². The molecule has 2 aromatic heterocycles. The van der Waals surface area contributed by atoms with Crippen LogP contribution in [-0.4, -0.2) is 19.7 Å². The zero-order valence-corrected chi connectivity index (χ0v) is 16.2. The highest BCUT2D eigenvalue weighted by molar-refractivity contribution is 6.09. The summed E-state index contributed by atoms with van der Waals surface area (Å²) in [4.78, 5) is 4.72. The number of fused-ring (bicyclic) bond motifs is 3. The van der Waals surface area contributed by atoms with Gasteiger partial charge in [0.15, 0.2) is 11.6 Å². The molecule has 0 atom stereocenters. The topological polar surface area (TPSA) is 46.5 Å². The Kier molecular flexibility index (Phi) is 3.74. The van der Waals surface area contributed by atoms with E-state index in [2.05, 4.69) is 87.6 Å². The van der Waals surface area contributed by atoms with Crippen molar-refractivity contribution in [3.8, 4) is 28.5 Å². The van der Waals surface area contributed by atoms with Gasteiger partial charge >= 0.3 is 0 Å². The minimum Gasteiger partial charge on any atom is -0.309 e. The summed E-state index contributed by atoms with van der Waals surface area (Å²) < 4.78 is 2.30. The minimum atomic E-state index is 0.691. The van der Waals surface area contributed by atoms with E-state index in [1.807, 2.05) is 30.3 Å². The molecule has 4 nitrogen and oxygen atoms in total. The quantitative estimate of drug-likeness (QED) is 0.391. The molecule has 6 rings (SSSR count). The predicted molar refractivity (Wildman–Crippen MR) is 122 cm³/mol. The molecule has 0 aliphatic carbocycles. The zero-order valence-electron chi connectivity index (χ0n) is 16.2. The van der Waals surface area contributed by atoms with Crippen LogP contribution in [-0.2, 0) is 0 Å². The van der Waals surface area contributed by atoms with Gasteiger partial charge < -0.3 is 4.57 Å². The normalized spacial score (nSPS) is 11.3. The number of benzene rings is 4. The van der Waals surface area contributed by atoms with E-state index in [1.54, 1.807) is 0 Å². The van der Waals surface area contributed by atoms with E-state index >= 15 is 0 Å². The van der Waals surface area contributed by atoms with Crippen molar-refractivity contribution >= 4 is 21.8 Å². The van der Waals surface area contributed by atoms with Crippen molar-refractivity contribution in [1.82, 2.24) is 19.7 Å². The average Bonchev–Trinajstić information content (AvgIpc) is 3.43. The Morgan fingerprint density at radius 3 is 1.97 bits per heavy atom. The molecule has 0 saturated carbocycles. The maximum absolute atomic E-state index is 4.72. The molecule has 4 aromatic carbocycles. The van der Waals surface area contributed by atoms with Gasteiger partial charge in [0.2, 0.25) is 0 Å². The maximum atomic E-state index is 4.72. The number of rotatable bonds is 3. The van der Waals surface area contributed by atoms with Crippen LogP contribution in [0.2, 0.25) is 0 Å². The van der Waals surface area contributed by atoms with E-state index in [1.165, 1.54) is 21.8 Å². The molecule has 4 heteroatoms. The summed E-state index contributed by atoms with van der Waals surface area (Å²) in [6, 6.07) is 35.5. The zero-order chi connectivity index (χ0) is 19.9. The molecular formula is C26H18N4. The lowest BCUT2D eigenvalue weighted by Crippen LogP contribution is -1.94. The van der Waals surface area contributed by atoms with E-state index < -0.39 is 0 Å². The summed E-state index contributed by atoms with van der Waals surface area (Å²) in [5.74, 6) is 1.46. The first kappa shape index (κ1) is 16.7. The fraction of sp³-hybridized carbons (Fsp3) is 0. The highest BCUT2D eigenvalue weighted by atomic mass is 15.2. The van der Waals surface area contributed by atoms with Gasteiger partial charge in [-0.15, -0.1) is 0 Å². The van der Waals surface area contributed by atoms with Crippen LogP contribution in [0.15, 0.2) is 103 Å². The number of hydrogen-bond donors (Lipinski definition) is 1. The van der Waals surface area contributed by atoms with Gasteiger partial charge in [-0.3, -0.25) is 5.10 Å². The van der Waals surface area contributed by atoms with E-state index in [-0.39, 0.29) is 0 Å². The first-order valence-electron chi connectivity index (χ1n) is 9.95. The SMILES string of the molecule is c1ccc(-c2nc(-c3cccc(-n4c5ccccc5c5ccccc54)c3)n[nH]2)cc1. The molecule has 30 heavy (non-hydrogen) atoms. The molecule has 0 fully saturated rings. The Morgan fingerprint density at radius 2 is 1.23 bits per heavy atom. The highest BCUT2D eigenvalue weighted by Gasteiger charge is 2.13. The van der Waals surface area contributed by atoms with Crippen molar-refractivity contribution < 1.29 is 0 Å². The highest BCUT2D eigenvalue weighted by Crippen LogP contribution is 2.32. The molecule has 0 bridgehead atoms. The minimum absolute atomic E-state index is 0.691. The third-order valence-electron chi connectivity index (χ3n) is 5.48. The summed E-state index contributed by atoms with van der Waals surface area (Å²) >= 11 is 0. The lowest BCUT2D eigenvalue weighted by atomic mass is 10.2. The number of aromatic nitrogens is 4. The van der Waals surface area contributed by atoms with E-state index in [4.69, 9.17) is 4.98 Å². The molecule has 2 heterocycles. The molecule has 0 unspecified atom stereocenters. The van der Waals surface area contributed by atoms with Gasteiger partial charge in [-0.05, 0) is 24.3 Å². The Hall–Kier alpha value is -4.18. The van der Waals surface area contributed by atoms with Gasteiger partial charge in [0.1, 0.15) is 0 Å². The van der Waals surface area contributed by atoms with E-state index in [9.17, 15) is 0 Å². The fourth-order valence-corrected chi connectivity index (χ4v) is 4.10. The Bertz CT molecular complexity index is 1440.